The molecule has 3 aromatic rings. The van der Waals surface area contributed by atoms with Crippen LogP contribution in [0.15, 0.2) is 39.5 Å². The molecule has 3 amide bonds. The standard InChI is InChI=1S/C17H12ClFN4O3S/c1-17(11-3-2-10(19)6-12(11)18)15(24)23(16(25)21-17)7-13-20-14(26-22-13)9-4-5-27-8-9/h2-6,8H,7H2,1H3,(H,21,25). The highest BCUT2D eigenvalue weighted by molar-refractivity contribution is 7.08. The molecule has 0 radical (unpaired) electrons. The van der Waals surface area contributed by atoms with Crippen molar-refractivity contribution in [3.8, 4) is 11.5 Å². The summed E-state index contributed by atoms with van der Waals surface area (Å²) in [5.41, 5.74) is -0.348. The summed E-state index contributed by atoms with van der Waals surface area (Å²) >= 11 is 7.56. The van der Waals surface area contributed by atoms with Gasteiger partial charge in [-0.1, -0.05) is 22.8 Å². The highest BCUT2D eigenvalue weighted by Gasteiger charge is 2.50. The van der Waals surface area contributed by atoms with E-state index in [1.165, 1.54) is 30.4 Å². The van der Waals surface area contributed by atoms with Crippen LogP contribution in [-0.2, 0) is 16.9 Å². The average molecular weight is 407 g/mol. The van der Waals surface area contributed by atoms with E-state index in [4.69, 9.17) is 16.1 Å². The fraction of sp³-hybridized carbons (Fsp3) is 0.176. The summed E-state index contributed by atoms with van der Waals surface area (Å²) in [5, 5.41) is 10.2. The Labute approximate surface area is 161 Å². The lowest BCUT2D eigenvalue weighted by atomic mass is 9.92. The van der Waals surface area contributed by atoms with Gasteiger partial charge >= 0.3 is 6.03 Å². The van der Waals surface area contributed by atoms with Crippen molar-refractivity contribution in [2.45, 2.75) is 19.0 Å². The number of imide groups is 1. The molecule has 4 rings (SSSR count). The van der Waals surface area contributed by atoms with E-state index in [0.29, 0.717) is 11.5 Å². The SMILES string of the molecule is CC1(c2ccc(F)cc2Cl)NC(=O)N(Cc2noc(-c3ccsc3)n2)C1=O. The van der Waals surface area contributed by atoms with Gasteiger partial charge < -0.3 is 9.84 Å². The molecule has 1 atom stereocenters. The minimum absolute atomic E-state index is 0.0484. The molecule has 0 spiro atoms. The molecule has 10 heteroatoms. The zero-order valence-corrected chi connectivity index (χ0v) is 15.5. The zero-order valence-electron chi connectivity index (χ0n) is 13.9. The second-order valence-electron chi connectivity index (χ2n) is 6.10. The summed E-state index contributed by atoms with van der Waals surface area (Å²) in [5.74, 6) is -0.576. The first kappa shape index (κ1) is 17.6. The van der Waals surface area contributed by atoms with Gasteiger partial charge in [0.1, 0.15) is 11.4 Å². The largest absolute Gasteiger partial charge is 0.334 e. The number of thiophene rings is 1. The number of nitrogens with one attached hydrogen (secondary N) is 1. The van der Waals surface area contributed by atoms with E-state index in [9.17, 15) is 14.0 Å². The van der Waals surface area contributed by atoms with Crippen molar-refractivity contribution >= 4 is 34.9 Å². The van der Waals surface area contributed by atoms with Crippen molar-refractivity contribution in [2.75, 3.05) is 0 Å². The van der Waals surface area contributed by atoms with Gasteiger partial charge in [-0.2, -0.15) is 16.3 Å². The van der Waals surface area contributed by atoms with E-state index in [1.54, 1.807) is 0 Å². The molecule has 2 aromatic heterocycles. The Hall–Kier alpha value is -2.78. The Morgan fingerprint density at radius 1 is 1.37 bits per heavy atom. The topological polar surface area (TPSA) is 88.3 Å². The van der Waals surface area contributed by atoms with Crippen molar-refractivity contribution < 1.29 is 18.5 Å². The molecule has 1 aliphatic heterocycles. The van der Waals surface area contributed by atoms with E-state index in [2.05, 4.69) is 15.5 Å². The van der Waals surface area contributed by atoms with E-state index >= 15 is 0 Å². The number of hydrogen-bond acceptors (Lipinski definition) is 6. The molecule has 1 unspecified atom stereocenters. The van der Waals surface area contributed by atoms with Crippen LogP contribution < -0.4 is 5.32 Å². The summed E-state index contributed by atoms with van der Waals surface area (Å²) in [6.45, 7) is 1.35. The van der Waals surface area contributed by atoms with Gasteiger partial charge in [-0.05, 0) is 30.5 Å². The number of carbonyl (C=O) groups excluding carboxylic acids is 2. The third-order valence-electron chi connectivity index (χ3n) is 4.28. The lowest BCUT2D eigenvalue weighted by Gasteiger charge is -2.23. The number of hydrogen-bond donors (Lipinski definition) is 1. The lowest BCUT2D eigenvalue weighted by Crippen LogP contribution is -2.41. The number of halogens is 2. The molecular formula is C17H12ClFN4O3S. The summed E-state index contributed by atoms with van der Waals surface area (Å²) in [4.78, 5) is 30.5. The minimum Gasteiger partial charge on any atom is -0.334 e. The smallest absolute Gasteiger partial charge is 0.325 e. The van der Waals surface area contributed by atoms with E-state index < -0.39 is 23.3 Å². The van der Waals surface area contributed by atoms with Crippen molar-refractivity contribution in [2.24, 2.45) is 0 Å². The van der Waals surface area contributed by atoms with Gasteiger partial charge in [0, 0.05) is 16.0 Å². The molecule has 1 saturated heterocycles. The summed E-state index contributed by atoms with van der Waals surface area (Å²) in [7, 11) is 0. The van der Waals surface area contributed by atoms with Crippen LogP contribution in [0, 0.1) is 5.82 Å². The fourth-order valence-corrected chi connectivity index (χ4v) is 3.87. The van der Waals surface area contributed by atoms with Crippen LogP contribution >= 0.6 is 22.9 Å². The van der Waals surface area contributed by atoms with Crippen LogP contribution in [0.25, 0.3) is 11.5 Å². The van der Waals surface area contributed by atoms with Crippen molar-refractivity contribution in [3.63, 3.8) is 0 Å². The van der Waals surface area contributed by atoms with Gasteiger partial charge in [-0.25, -0.2) is 9.18 Å². The normalized spacial score (nSPS) is 19.6. The monoisotopic (exact) mass is 406 g/mol. The molecule has 7 nitrogen and oxygen atoms in total. The predicted molar refractivity (Wildman–Crippen MR) is 95.5 cm³/mol. The van der Waals surface area contributed by atoms with Gasteiger partial charge in [-0.15, -0.1) is 0 Å². The fourth-order valence-electron chi connectivity index (χ4n) is 2.88. The Kier molecular flexibility index (Phi) is 4.20. The molecule has 0 saturated carbocycles. The van der Waals surface area contributed by atoms with Gasteiger partial charge in [0.25, 0.3) is 11.8 Å². The first-order valence-electron chi connectivity index (χ1n) is 7.83. The predicted octanol–water partition coefficient (Wildman–Crippen LogP) is 3.56. The van der Waals surface area contributed by atoms with Crippen LogP contribution in [0.3, 0.4) is 0 Å². The number of urea groups is 1. The van der Waals surface area contributed by atoms with Crippen LogP contribution in [0.4, 0.5) is 9.18 Å². The molecule has 27 heavy (non-hydrogen) atoms. The molecule has 3 heterocycles. The third kappa shape index (κ3) is 2.98. The average Bonchev–Trinajstić information content (AvgIpc) is 3.33. The maximum Gasteiger partial charge on any atom is 0.325 e. The van der Waals surface area contributed by atoms with Crippen LogP contribution in [0.2, 0.25) is 5.02 Å². The zero-order chi connectivity index (χ0) is 19.2. The van der Waals surface area contributed by atoms with Gasteiger partial charge in [-0.3, -0.25) is 9.69 Å². The summed E-state index contributed by atoms with van der Waals surface area (Å²) in [6.07, 6.45) is 0. The second kappa shape index (κ2) is 6.43. The lowest BCUT2D eigenvalue weighted by molar-refractivity contribution is -0.131. The number of carbonyl (C=O) groups is 2. The van der Waals surface area contributed by atoms with E-state index in [0.717, 1.165) is 16.5 Å². The molecule has 0 bridgehead atoms. The number of rotatable bonds is 4. The first-order chi connectivity index (χ1) is 12.9. The third-order valence-corrected chi connectivity index (χ3v) is 5.28. The first-order valence-corrected chi connectivity index (χ1v) is 9.15. The summed E-state index contributed by atoms with van der Waals surface area (Å²) < 4.78 is 18.5. The van der Waals surface area contributed by atoms with Crippen molar-refractivity contribution in [3.05, 3.63) is 57.3 Å². The molecule has 0 aliphatic carbocycles. The Balaban J connectivity index is 1.60. The van der Waals surface area contributed by atoms with Gasteiger partial charge in [0.05, 0.1) is 12.1 Å². The molecule has 138 valence electrons. The van der Waals surface area contributed by atoms with E-state index in [-0.39, 0.29) is 17.4 Å². The number of nitrogens with zero attached hydrogens (tertiary/aromatic N) is 3. The molecule has 1 aliphatic rings. The molecule has 1 fully saturated rings. The maximum atomic E-state index is 13.3. The van der Waals surface area contributed by atoms with Crippen LogP contribution in [0.5, 0.6) is 0 Å². The number of amides is 3. The Morgan fingerprint density at radius 3 is 2.89 bits per heavy atom. The van der Waals surface area contributed by atoms with E-state index in [1.807, 2.05) is 16.8 Å². The number of aromatic nitrogens is 2. The molecular weight excluding hydrogens is 395 g/mol. The minimum atomic E-state index is -1.41. The van der Waals surface area contributed by atoms with Crippen LogP contribution in [-0.4, -0.2) is 27.0 Å². The quantitative estimate of drug-likeness (QED) is 0.669. The highest BCUT2D eigenvalue weighted by Crippen LogP contribution is 2.34. The number of benzene rings is 1. The van der Waals surface area contributed by atoms with Gasteiger partial charge in [0.15, 0.2) is 5.82 Å². The van der Waals surface area contributed by atoms with Crippen LogP contribution in [0.1, 0.15) is 18.3 Å². The molecule has 1 N–H and O–H groups in total. The highest BCUT2D eigenvalue weighted by atomic mass is 35.5. The molecule has 1 aromatic carbocycles. The second-order valence-corrected chi connectivity index (χ2v) is 7.29. The van der Waals surface area contributed by atoms with Gasteiger partial charge in [0.2, 0.25) is 0 Å². The summed E-state index contributed by atoms with van der Waals surface area (Å²) in [6, 6.07) is 4.85. The van der Waals surface area contributed by atoms with Crippen molar-refractivity contribution in [1.82, 2.24) is 20.4 Å². The van der Waals surface area contributed by atoms with Crippen molar-refractivity contribution in [1.29, 1.82) is 0 Å². The Morgan fingerprint density at radius 2 is 2.19 bits per heavy atom. The maximum absolute atomic E-state index is 13.3. The Bertz CT molecular complexity index is 1040.